The number of alkyl halides is 3. The Labute approximate surface area is 233 Å². The van der Waals surface area contributed by atoms with E-state index < -0.39 is 17.4 Å². The number of halogens is 3. The molecule has 0 bridgehead atoms. The van der Waals surface area contributed by atoms with Gasteiger partial charge in [0, 0.05) is 36.7 Å². The third-order valence-corrected chi connectivity index (χ3v) is 7.75. The molecule has 0 atom stereocenters. The Bertz CT molecular complexity index is 1580. The summed E-state index contributed by atoms with van der Waals surface area (Å²) in [4.78, 5) is 38.0. The number of nitrogens with zero attached hydrogens (tertiary/aromatic N) is 6. The summed E-state index contributed by atoms with van der Waals surface area (Å²) in [6.45, 7) is 3.09. The third kappa shape index (κ3) is 4.79. The van der Waals surface area contributed by atoms with Crippen molar-refractivity contribution in [1.29, 1.82) is 0 Å². The lowest BCUT2D eigenvalue weighted by atomic mass is 9.85. The van der Waals surface area contributed by atoms with Crippen molar-refractivity contribution in [2.75, 3.05) is 24.7 Å². The van der Waals surface area contributed by atoms with Crippen molar-refractivity contribution in [3.8, 4) is 16.9 Å². The fraction of sp³-hybridized carbons (Fsp3) is 0.276. The van der Waals surface area contributed by atoms with Crippen LogP contribution in [-0.4, -0.2) is 61.8 Å². The average Bonchev–Trinajstić information content (AvgIpc) is 3.56. The predicted molar refractivity (Wildman–Crippen MR) is 144 cm³/mol. The second kappa shape index (κ2) is 10.0. The Morgan fingerprint density at radius 2 is 1.66 bits per heavy atom. The van der Waals surface area contributed by atoms with Crippen LogP contribution in [0.2, 0.25) is 0 Å². The van der Waals surface area contributed by atoms with Gasteiger partial charge in [-0.05, 0) is 62.2 Å². The topological polar surface area (TPSA) is 96.2 Å². The summed E-state index contributed by atoms with van der Waals surface area (Å²) in [6, 6.07) is 15.2. The summed E-state index contributed by atoms with van der Waals surface area (Å²) < 4.78 is 40.7. The molecular weight excluding hydrogens is 535 g/mol. The summed E-state index contributed by atoms with van der Waals surface area (Å²) >= 11 is 0. The van der Waals surface area contributed by atoms with Crippen molar-refractivity contribution < 1.29 is 22.8 Å². The monoisotopic (exact) mass is 561 g/mol. The second-order valence-electron chi connectivity index (χ2n) is 10.2. The number of aryl methyl sites for hydroxylation is 1. The number of hydrogen-bond donors (Lipinski definition) is 1. The number of piperidine rings is 1. The fourth-order valence-corrected chi connectivity index (χ4v) is 5.48. The molecule has 0 unspecified atom stereocenters. The zero-order valence-electron chi connectivity index (χ0n) is 22.1. The largest absolute Gasteiger partial charge is 0.433 e. The van der Waals surface area contributed by atoms with E-state index in [2.05, 4.69) is 25.3 Å². The standard InChI is InChI=1S/C29H26F3N7O2/c1-19-2-4-21(5-3-19)38-18-35-27(41)28(38)10-14-37(15-11-28)26(40)23-16-24(20-8-12-33-13-9-20)39(36-23)22-6-7-25(34-17-22)29(30,31)32/h2-9,12-13,16-17H,10-11,14-15,18H2,1H3,(H,35,41). The Morgan fingerprint density at radius 3 is 2.29 bits per heavy atom. The summed E-state index contributed by atoms with van der Waals surface area (Å²) in [5.74, 6) is -0.377. The first-order valence-corrected chi connectivity index (χ1v) is 13.1. The van der Waals surface area contributed by atoms with E-state index >= 15 is 0 Å². The number of amides is 2. The highest BCUT2D eigenvalue weighted by Gasteiger charge is 2.51. The SMILES string of the molecule is Cc1ccc(N2CNC(=O)C23CCN(C(=O)c2cc(-c4ccncc4)n(-c4ccc(C(F)(F)F)nc4)n2)CC3)cc1. The Balaban J connectivity index is 1.27. The normalized spacial score (nSPS) is 16.7. The van der Waals surface area contributed by atoms with E-state index in [0.717, 1.165) is 23.5 Å². The maximum Gasteiger partial charge on any atom is 0.433 e. The molecule has 210 valence electrons. The van der Waals surface area contributed by atoms with Gasteiger partial charge in [0.05, 0.1) is 24.2 Å². The number of carbonyl (C=O) groups excluding carboxylic acids is 2. The summed E-state index contributed by atoms with van der Waals surface area (Å²) in [5.41, 5.74) is 1.90. The van der Waals surface area contributed by atoms with E-state index in [1.807, 2.05) is 31.2 Å². The van der Waals surface area contributed by atoms with Crippen LogP contribution in [0.1, 0.15) is 34.6 Å². The maximum absolute atomic E-state index is 13.6. The minimum absolute atomic E-state index is 0.0516. The van der Waals surface area contributed by atoms with Crippen LogP contribution >= 0.6 is 0 Å². The molecule has 2 amide bonds. The lowest BCUT2D eigenvalue weighted by Crippen LogP contribution is -2.57. The minimum atomic E-state index is -4.57. The lowest BCUT2D eigenvalue weighted by molar-refractivity contribution is -0.141. The molecule has 2 fully saturated rings. The van der Waals surface area contributed by atoms with E-state index in [0.29, 0.717) is 43.9 Å². The number of pyridine rings is 2. The highest BCUT2D eigenvalue weighted by atomic mass is 19.4. The van der Waals surface area contributed by atoms with Gasteiger partial charge >= 0.3 is 6.18 Å². The zero-order valence-corrected chi connectivity index (χ0v) is 22.1. The first kappa shape index (κ1) is 26.5. The fourth-order valence-electron chi connectivity index (χ4n) is 5.48. The van der Waals surface area contributed by atoms with Gasteiger partial charge in [-0.1, -0.05) is 17.7 Å². The minimum Gasteiger partial charge on any atom is -0.339 e. The highest BCUT2D eigenvalue weighted by molar-refractivity contribution is 5.96. The molecule has 9 nitrogen and oxygen atoms in total. The zero-order chi connectivity index (χ0) is 28.8. The number of benzene rings is 1. The smallest absolute Gasteiger partial charge is 0.339 e. The molecule has 1 spiro atoms. The Morgan fingerprint density at radius 1 is 0.976 bits per heavy atom. The molecule has 5 heterocycles. The van der Waals surface area contributed by atoms with Crippen LogP contribution in [-0.2, 0) is 11.0 Å². The number of likely N-dealkylation sites (tertiary alicyclic amines) is 1. The van der Waals surface area contributed by atoms with Crippen LogP contribution in [0.5, 0.6) is 0 Å². The van der Waals surface area contributed by atoms with E-state index in [1.54, 1.807) is 35.5 Å². The molecule has 1 aromatic carbocycles. The van der Waals surface area contributed by atoms with Gasteiger partial charge < -0.3 is 15.1 Å². The van der Waals surface area contributed by atoms with Crippen molar-refractivity contribution in [3.05, 3.63) is 90.1 Å². The Hall–Kier alpha value is -4.74. The molecule has 2 saturated heterocycles. The van der Waals surface area contributed by atoms with Crippen molar-refractivity contribution in [1.82, 2.24) is 30.0 Å². The van der Waals surface area contributed by atoms with Gasteiger partial charge in [0.15, 0.2) is 5.69 Å². The van der Waals surface area contributed by atoms with Gasteiger partial charge in [-0.15, -0.1) is 0 Å². The average molecular weight is 562 g/mol. The highest BCUT2D eigenvalue weighted by Crippen LogP contribution is 2.37. The molecule has 2 aliphatic rings. The number of nitrogens with one attached hydrogen (secondary N) is 1. The second-order valence-corrected chi connectivity index (χ2v) is 10.2. The molecule has 6 rings (SSSR count). The molecule has 12 heteroatoms. The number of aromatic nitrogens is 4. The van der Waals surface area contributed by atoms with Crippen molar-refractivity contribution in [2.45, 2.75) is 31.5 Å². The van der Waals surface area contributed by atoms with Gasteiger partial charge in [-0.3, -0.25) is 14.6 Å². The van der Waals surface area contributed by atoms with Crippen LogP contribution in [0.3, 0.4) is 0 Å². The van der Waals surface area contributed by atoms with E-state index in [-0.39, 0.29) is 23.2 Å². The molecule has 3 aromatic heterocycles. The molecule has 41 heavy (non-hydrogen) atoms. The first-order chi connectivity index (χ1) is 19.7. The van der Waals surface area contributed by atoms with Crippen molar-refractivity contribution in [3.63, 3.8) is 0 Å². The van der Waals surface area contributed by atoms with Gasteiger partial charge in [0.1, 0.15) is 11.2 Å². The molecule has 2 aliphatic heterocycles. The van der Waals surface area contributed by atoms with E-state index in [9.17, 15) is 22.8 Å². The van der Waals surface area contributed by atoms with E-state index in [4.69, 9.17) is 0 Å². The molecule has 0 saturated carbocycles. The molecule has 4 aromatic rings. The molecular formula is C29H26F3N7O2. The van der Waals surface area contributed by atoms with Crippen LogP contribution in [0.15, 0.2) is 73.2 Å². The van der Waals surface area contributed by atoms with Crippen LogP contribution in [0, 0.1) is 6.92 Å². The summed E-state index contributed by atoms with van der Waals surface area (Å²) in [5, 5.41) is 7.46. The number of hydrogen-bond acceptors (Lipinski definition) is 6. The number of carbonyl (C=O) groups is 2. The summed E-state index contributed by atoms with van der Waals surface area (Å²) in [6.07, 6.45) is 0.552. The van der Waals surface area contributed by atoms with Crippen LogP contribution in [0.25, 0.3) is 16.9 Å². The van der Waals surface area contributed by atoms with Gasteiger partial charge in [0.2, 0.25) is 5.91 Å². The molecule has 1 N–H and O–H groups in total. The predicted octanol–water partition coefficient (Wildman–Crippen LogP) is 4.23. The maximum atomic E-state index is 13.6. The summed E-state index contributed by atoms with van der Waals surface area (Å²) in [7, 11) is 0. The number of anilines is 1. The first-order valence-electron chi connectivity index (χ1n) is 13.1. The lowest BCUT2D eigenvalue weighted by Gasteiger charge is -2.43. The number of rotatable bonds is 4. The molecule has 0 radical (unpaired) electrons. The van der Waals surface area contributed by atoms with Crippen LogP contribution < -0.4 is 10.2 Å². The van der Waals surface area contributed by atoms with Crippen molar-refractivity contribution >= 4 is 17.5 Å². The third-order valence-electron chi connectivity index (χ3n) is 7.75. The van der Waals surface area contributed by atoms with Crippen LogP contribution in [0.4, 0.5) is 18.9 Å². The molecule has 0 aliphatic carbocycles. The van der Waals surface area contributed by atoms with Gasteiger partial charge in [0.25, 0.3) is 5.91 Å². The van der Waals surface area contributed by atoms with Gasteiger partial charge in [-0.25, -0.2) is 9.67 Å². The quantitative estimate of drug-likeness (QED) is 0.401. The van der Waals surface area contributed by atoms with Gasteiger partial charge in [-0.2, -0.15) is 18.3 Å². The van der Waals surface area contributed by atoms with Crippen molar-refractivity contribution in [2.24, 2.45) is 0 Å². The van der Waals surface area contributed by atoms with E-state index in [1.165, 1.54) is 10.7 Å². The Kier molecular flexibility index (Phi) is 6.47.